The molecule has 0 aromatic heterocycles. The number of aldehydes is 1. The van der Waals surface area contributed by atoms with Crippen molar-refractivity contribution >= 4 is 23.6 Å². The van der Waals surface area contributed by atoms with Crippen LogP contribution in [0.1, 0.15) is 60.3 Å². The number of allylic oxidation sites excluding steroid dienone is 6. The number of anilines is 2. The summed E-state index contributed by atoms with van der Waals surface area (Å²) >= 11 is 0. The number of esters is 1. The van der Waals surface area contributed by atoms with Crippen LogP contribution in [0.2, 0.25) is 0 Å². The van der Waals surface area contributed by atoms with Gasteiger partial charge in [-0.2, -0.15) is 0 Å². The third kappa shape index (κ3) is 12.0. The van der Waals surface area contributed by atoms with E-state index >= 15 is 0 Å². The minimum absolute atomic E-state index is 0.0937. The van der Waals surface area contributed by atoms with E-state index in [-0.39, 0.29) is 17.4 Å². The highest BCUT2D eigenvalue weighted by atomic mass is 19.1. The Bertz CT molecular complexity index is 1150. The first-order valence-electron chi connectivity index (χ1n) is 13.7. The van der Waals surface area contributed by atoms with Gasteiger partial charge in [-0.3, -0.25) is 9.59 Å². The second-order valence-corrected chi connectivity index (χ2v) is 9.31. The first-order chi connectivity index (χ1) is 19.2. The number of hydrogen-bond acceptors (Lipinski definition) is 6. The maximum absolute atomic E-state index is 12.8. The topological polar surface area (TPSA) is 90.7 Å². The zero-order chi connectivity index (χ0) is 30.0. The average molecular weight is 553 g/mol. The normalized spacial score (nSPS) is 14.8. The fourth-order valence-corrected chi connectivity index (χ4v) is 3.71. The third-order valence-corrected chi connectivity index (χ3v) is 6.63. The van der Waals surface area contributed by atoms with Crippen molar-refractivity contribution in [3.63, 3.8) is 0 Å². The molecule has 0 aliphatic carbocycles. The molecule has 40 heavy (non-hydrogen) atoms. The molecule has 3 rings (SSSR count). The van der Waals surface area contributed by atoms with Gasteiger partial charge in [0.25, 0.3) is 0 Å². The van der Waals surface area contributed by atoms with Crippen molar-refractivity contribution in [2.45, 2.75) is 65.9 Å². The van der Waals surface area contributed by atoms with E-state index in [2.05, 4.69) is 12.2 Å². The molecule has 218 valence electrons. The van der Waals surface area contributed by atoms with Gasteiger partial charge in [-0.1, -0.05) is 61.9 Å². The van der Waals surface area contributed by atoms with Crippen molar-refractivity contribution in [1.82, 2.24) is 0 Å². The molecular weight excluding hydrogens is 507 g/mol. The summed E-state index contributed by atoms with van der Waals surface area (Å²) in [6.07, 6.45) is 11.4. The van der Waals surface area contributed by atoms with Gasteiger partial charge in [0.1, 0.15) is 17.7 Å². The van der Waals surface area contributed by atoms with Crippen LogP contribution in [-0.4, -0.2) is 38.1 Å². The molecule has 6 nitrogen and oxygen atoms in total. The molecule has 2 aromatic rings. The molecule has 7 heteroatoms. The van der Waals surface area contributed by atoms with Crippen LogP contribution >= 0.6 is 0 Å². The SMILES string of the molecule is CCC(=O)OC1(CC)CCOCC1.CNc1cc(-c2ccc(F)cc2)ccc1N.C\C=C(C)/C=C\C(C=O)=C/C. The summed E-state index contributed by atoms with van der Waals surface area (Å²) in [6, 6.07) is 12.1. The molecule has 1 aliphatic rings. The number of carbonyl (C=O) groups is 2. The third-order valence-electron chi connectivity index (χ3n) is 6.63. The number of carbonyl (C=O) groups excluding carboxylic acids is 2. The van der Waals surface area contributed by atoms with Gasteiger partial charge >= 0.3 is 5.97 Å². The Morgan fingerprint density at radius 1 is 1.05 bits per heavy atom. The lowest BCUT2D eigenvalue weighted by atomic mass is 9.91. The Kier molecular flexibility index (Phi) is 15.9. The van der Waals surface area contributed by atoms with E-state index in [0.29, 0.717) is 30.9 Å². The van der Waals surface area contributed by atoms with Gasteiger partial charge in [-0.05, 0) is 62.6 Å². The predicted octanol–water partition coefficient (Wildman–Crippen LogP) is 7.67. The quantitative estimate of drug-likeness (QED) is 0.115. The van der Waals surface area contributed by atoms with Crippen LogP contribution in [0.5, 0.6) is 0 Å². The number of nitrogens with one attached hydrogen (secondary N) is 1. The van der Waals surface area contributed by atoms with E-state index < -0.39 is 0 Å². The smallest absolute Gasteiger partial charge is 0.306 e. The van der Waals surface area contributed by atoms with Crippen LogP contribution < -0.4 is 11.1 Å². The van der Waals surface area contributed by atoms with Crippen molar-refractivity contribution in [3.8, 4) is 11.1 Å². The summed E-state index contributed by atoms with van der Waals surface area (Å²) in [5.74, 6) is -0.322. The molecule has 1 fully saturated rings. The van der Waals surface area contributed by atoms with Crippen LogP contribution in [0.25, 0.3) is 11.1 Å². The molecule has 0 atom stereocenters. The van der Waals surface area contributed by atoms with E-state index in [1.165, 1.54) is 12.1 Å². The Labute approximate surface area is 239 Å². The monoisotopic (exact) mass is 552 g/mol. The van der Waals surface area contributed by atoms with E-state index in [9.17, 15) is 14.0 Å². The summed E-state index contributed by atoms with van der Waals surface area (Å²) in [6.45, 7) is 11.1. The van der Waals surface area contributed by atoms with Crippen LogP contribution in [0.4, 0.5) is 15.8 Å². The molecular formula is C33H45FN2O4. The lowest BCUT2D eigenvalue weighted by molar-refractivity contribution is -0.169. The lowest BCUT2D eigenvalue weighted by Gasteiger charge is -2.35. The van der Waals surface area contributed by atoms with Gasteiger partial charge in [-0.25, -0.2) is 4.39 Å². The molecule has 3 N–H and O–H groups in total. The molecule has 0 radical (unpaired) electrons. The van der Waals surface area contributed by atoms with Crippen LogP contribution in [0.15, 0.2) is 77.9 Å². The Balaban J connectivity index is 0.000000307. The minimum atomic E-state index is -0.231. The largest absolute Gasteiger partial charge is 0.459 e. The number of hydrogen-bond donors (Lipinski definition) is 2. The first kappa shape index (κ1) is 34.3. The highest BCUT2D eigenvalue weighted by molar-refractivity contribution is 5.77. The van der Waals surface area contributed by atoms with Gasteiger partial charge < -0.3 is 20.5 Å². The number of rotatable bonds is 8. The summed E-state index contributed by atoms with van der Waals surface area (Å²) in [4.78, 5) is 21.5. The van der Waals surface area contributed by atoms with Crippen molar-refractivity contribution < 1.29 is 23.5 Å². The van der Waals surface area contributed by atoms with Crippen molar-refractivity contribution in [1.29, 1.82) is 0 Å². The van der Waals surface area contributed by atoms with Gasteiger partial charge in [0.15, 0.2) is 0 Å². The average Bonchev–Trinajstić information content (AvgIpc) is 2.99. The molecule has 1 aliphatic heterocycles. The van der Waals surface area contributed by atoms with Gasteiger partial charge in [0.2, 0.25) is 0 Å². The fraction of sp³-hybridized carbons (Fsp3) is 0.394. The Hall–Kier alpha value is -3.71. The molecule has 0 unspecified atom stereocenters. The fourth-order valence-electron chi connectivity index (χ4n) is 3.71. The molecule has 0 amide bonds. The van der Waals surface area contributed by atoms with E-state index in [1.807, 2.05) is 71.2 Å². The highest BCUT2D eigenvalue weighted by Gasteiger charge is 2.34. The zero-order valence-corrected chi connectivity index (χ0v) is 24.8. The number of benzene rings is 2. The predicted molar refractivity (Wildman–Crippen MR) is 164 cm³/mol. The Morgan fingerprint density at radius 2 is 1.68 bits per heavy atom. The molecule has 0 bridgehead atoms. The zero-order valence-electron chi connectivity index (χ0n) is 24.8. The maximum Gasteiger partial charge on any atom is 0.306 e. The summed E-state index contributed by atoms with van der Waals surface area (Å²) in [5.41, 5.74) is 11.0. The lowest BCUT2D eigenvalue weighted by Crippen LogP contribution is -2.40. The van der Waals surface area contributed by atoms with Crippen molar-refractivity contribution in [3.05, 3.63) is 83.7 Å². The summed E-state index contributed by atoms with van der Waals surface area (Å²) < 4.78 is 23.5. The van der Waals surface area contributed by atoms with Gasteiger partial charge in [0, 0.05) is 31.9 Å². The summed E-state index contributed by atoms with van der Waals surface area (Å²) in [7, 11) is 1.82. The maximum atomic E-state index is 12.8. The Morgan fingerprint density at radius 3 is 2.17 bits per heavy atom. The molecule has 0 saturated carbocycles. The van der Waals surface area contributed by atoms with Gasteiger partial charge in [0.05, 0.1) is 24.6 Å². The number of nitrogen functional groups attached to an aromatic ring is 1. The van der Waals surface area contributed by atoms with Crippen LogP contribution in [0.3, 0.4) is 0 Å². The number of nitrogens with two attached hydrogens (primary N) is 1. The summed E-state index contributed by atoms with van der Waals surface area (Å²) in [5, 5.41) is 3.02. The van der Waals surface area contributed by atoms with Gasteiger partial charge in [-0.15, -0.1) is 0 Å². The molecule has 0 spiro atoms. The minimum Gasteiger partial charge on any atom is -0.459 e. The second-order valence-electron chi connectivity index (χ2n) is 9.31. The second kappa shape index (κ2) is 18.6. The van der Waals surface area contributed by atoms with E-state index in [0.717, 1.165) is 47.9 Å². The van der Waals surface area contributed by atoms with Crippen LogP contribution in [-0.2, 0) is 19.1 Å². The van der Waals surface area contributed by atoms with Crippen molar-refractivity contribution in [2.75, 3.05) is 31.3 Å². The standard InChI is InChI=1S/C13H13FN2.C10H18O3.C10H14O/c1-16-13-8-10(4-7-12(13)15)9-2-5-11(14)6-3-9;1-3-9(11)13-10(4-2)5-7-12-8-6-10;1-4-9(3)6-7-10(5-2)8-11/h2-8,16H,15H2,1H3;3-8H2,1-2H3;4-8H,1-3H3/b;;7-6-,9-4-,10-5+. The molecule has 1 heterocycles. The number of ether oxygens (including phenoxy) is 2. The first-order valence-corrected chi connectivity index (χ1v) is 13.7. The van der Waals surface area contributed by atoms with Crippen LogP contribution in [0, 0.1) is 5.82 Å². The van der Waals surface area contributed by atoms with Crippen molar-refractivity contribution in [2.24, 2.45) is 0 Å². The molecule has 1 saturated heterocycles. The van der Waals surface area contributed by atoms with E-state index in [4.69, 9.17) is 15.2 Å². The molecule has 2 aromatic carbocycles. The van der Waals surface area contributed by atoms with E-state index in [1.54, 1.807) is 18.2 Å². The highest BCUT2D eigenvalue weighted by Crippen LogP contribution is 2.29. The number of halogens is 1.